The molecule has 5 aromatic carbocycles. The maximum Gasteiger partial charge on any atom is 0.468 e. The van der Waals surface area contributed by atoms with Crippen LogP contribution in [0.5, 0.6) is 0 Å². The average molecular weight is 1100 g/mol. The van der Waals surface area contributed by atoms with Crippen LogP contribution in [0.3, 0.4) is 0 Å². The Morgan fingerprint density at radius 3 is 1.63 bits per heavy atom. The SMILES string of the molecule is C[n+]1c2ccccc2n2cc3n(c21)Cc1cccnc1-3.c1ccc(-n2c3ccccc3[n+]3cc4n(c23)Cc2cccnc2-4)cc1.c1cnc2c(c1)Cn1c-2c[n+]2c3ccccc3oc12.c1cnc2c(c1)Cn1c-2c[n+]2c3ccccc3sc12. The lowest BCUT2D eigenvalue weighted by atomic mass is 10.2. The van der Waals surface area contributed by atoms with Gasteiger partial charge in [0.05, 0.1) is 24.8 Å². The minimum absolute atomic E-state index is 0.828. The van der Waals surface area contributed by atoms with Crippen molar-refractivity contribution in [2.75, 3.05) is 0 Å². The molecule has 16 heteroatoms. The van der Waals surface area contributed by atoms with Gasteiger partial charge in [0.15, 0.2) is 39.4 Å². The molecule has 4 aliphatic rings. The summed E-state index contributed by atoms with van der Waals surface area (Å²) in [6, 6.07) is 60.9. The Hall–Kier alpha value is -10.8. The van der Waals surface area contributed by atoms with Crippen LogP contribution in [-0.4, -0.2) is 47.2 Å². The molecule has 0 fully saturated rings. The van der Waals surface area contributed by atoms with E-state index in [4.69, 9.17) is 4.42 Å². The van der Waals surface area contributed by atoms with Crippen LogP contribution in [0.25, 0.3) is 117 Å². The van der Waals surface area contributed by atoms with Gasteiger partial charge in [0.2, 0.25) is 0 Å². The molecule has 12 aromatic heterocycles. The Labute approximate surface area is 476 Å². The topological polar surface area (TPSA) is 110 Å². The van der Waals surface area contributed by atoms with Gasteiger partial charge in [-0.25, -0.2) is 18.3 Å². The van der Waals surface area contributed by atoms with Crippen LogP contribution in [-0.2, 0) is 33.2 Å². The van der Waals surface area contributed by atoms with E-state index in [0.29, 0.717) is 0 Å². The van der Waals surface area contributed by atoms with Gasteiger partial charge < -0.3 is 4.42 Å². The predicted octanol–water partition coefficient (Wildman–Crippen LogP) is 11.0. The lowest BCUT2D eigenvalue weighted by Crippen LogP contribution is -2.29. The van der Waals surface area contributed by atoms with E-state index in [1.165, 1.54) is 93.8 Å². The third-order valence-electron chi connectivity index (χ3n) is 16.9. The molecule has 0 saturated carbocycles. The molecule has 394 valence electrons. The molecule has 0 radical (unpaired) electrons. The number of rotatable bonds is 1. The van der Waals surface area contributed by atoms with Gasteiger partial charge in [0, 0.05) is 47.0 Å². The second-order valence-corrected chi connectivity index (χ2v) is 22.4. The number of hydrogen-bond donors (Lipinski definition) is 0. The fourth-order valence-corrected chi connectivity index (χ4v) is 14.3. The van der Waals surface area contributed by atoms with Crippen LogP contribution >= 0.6 is 11.3 Å². The van der Waals surface area contributed by atoms with Crippen LogP contribution in [0.15, 0.2) is 230 Å². The quantitative estimate of drug-likeness (QED) is 0.152. The van der Waals surface area contributed by atoms with Gasteiger partial charge in [-0.3, -0.25) is 19.9 Å². The molecule has 15 nitrogen and oxygen atoms in total. The van der Waals surface area contributed by atoms with E-state index in [2.05, 4.69) is 230 Å². The van der Waals surface area contributed by atoms with Gasteiger partial charge >= 0.3 is 22.4 Å². The zero-order chi connectivity index (χ0) is 54.4. The van der Waals surface area contributed by atoms with Crippen LogP contribution in [0.2, 0.25) is 0 Å². The van der Waals surface area contributed by atoms with Crippen LogP contribution in [0.4, 0.5) is 0 Å². The number of nitrogens with zero attached hydrogens (tertiary/aromatic N) is 14. The first kappa shape index (κ1) is 46.0. The third-order valence-corrected chi connectivity index (χ3v) is 18.0. The first-order chi connectivity index (χ1) is 41.1. The summed E-state index contributed by atoms with van der Waals surface area (Å²) < 4.78 is 30.1. The number of aryl methyl sites for hydroxylation is 1. The van der Waals surface area contributed by atoms with E-state index in [1.807, 2.05) is 78.6 Å². The van der Waals surface area contributed by atoms with Gasteiger partial charge in [-0.2, -0.15) is 26.7 Å². The van der Waals surface area contributed by atoms with Crippen LogP contribution in [0.1, 0.15) is 22.3 Å². The van der Waals surface area contributed by atoms with Crippen molar-refractivity contribution in [2.24, 2.45) is 7.05 Å². The molecule has 0 bridgehead atoms. The smallest absolute Gasteiger partial charge is 0.387 e. The summed E-state index contributed by atoms with van der Waals surface area (Å²) in [5, 5.41) is 0. The van der Waals surface area contributed by atoms with Crippen molar-refractivity contribution >= 4 is 77.1 Å². The molecule has 0 saturated heterocycles. The van der Waals surface area contributed by atoms with Gasteiger partial charge in [-0.05, 0) is 96.3 Å². The summed E-state index contributed by atoms with van der Waals surface area (Å²) in [4.78, 5) is 19.4. The van der Waals surface area contributed by atoms with E-state index in [-0.39, 0.29) is 0 Å². The predicted molar refractivity (Wildman–Crippen MR) is 318 cm³/mol. The zero-order valence-corrected chi connectivity index (χ0v) is 45.6. The number of aromatic nitrogens is 14. The fourth-order valence-electron chi connectivity index (χ4n) is 13.2. The summed E-state index contributed by atoms with van der Waals surface area (Å²) in [6.45, 7) is 3.52. The number of hydrogen-bond acceptors (Lipinski definition) is 6. The minimum Gasteiger partial charge on any atom is -0.387 e. The number of fused-ring (bicyclic) bond motifs is 28. The number of benzene rings is 5. The molecule has 83 heavy (non-hydrogen) atoms. The second kappa shape index (κ2) is 17.6. The highest BCUT2D eigenvalue weighted by molar-refractivity contribution is 7.23. The molecule has 0 amide bonds. The molecule has 4 aliphatic heterocycles. The monoisotopic (exact) mass is 1100 g/mol. The molecule has 21 rings (SSSR count). The average Bonchev–Trinajstić information content (AvgIpc) is 1.96. The normalized spacial score (nSPS) is 12.9. The summed E-state index contributed by atoms with van der Waals surface area (Å²) >= 11 is 1.84. The number of oxazole rings is 1. The largest absolute Gasteiger partial charge is 0.468 e. The first-order valence-corrected chi connectivity index (χ1v) is 28.6. The van der Waals surface area contributed by atoms with E-state index in [1.54, 1.807) is 0 Å². The standard InChI is InChI=1S/C21H15N4.C16H13N4.C15H10N3O.C15H10N3S/c1-2-8-16(9-3-1)25-18-11-5-4-10-17(18)24-14-19-20-15(7-6-12-22-20)13-23(19)21(24)25;1-18-12-6-2-3-7-13(12)20-10-14-15-11(5-4-8-17-15)9-19(14)16(18)20;2*1-2-6-13-11(5-1)18-9-12-14-10(4-3-7-16-14)8-17(12)15(18)19-13/h1-12,14H,13H2;2-8,10H,9H2,1H3;2*1-7,9H,8H2/q4*+1. The van der Waals surface area contributed by atoms with Gasteiger partial charge in [-0.1, -0.05) is 91.0 Å². The number of para-hydroxylation sites is 8. The number of pyridine rings is 4. The van der Waals surface area contributed by atoms with Crippen LogP contribution in [0, 0.1) is 0 Å². The zero-order valence-electron chi connectivity index (χ0n) is 44.8. The van der Waals surface area contributed by atoms with Crippen molar-refractivity contribution in [1.29, 1.82) is 0 Å². The Kier molecular flexibility index (Phi) is 9.74. The lowest BCUT2D eigenvalue weighted by molar-refractivity contribution is -0.621. The molecule has 0 atom stereocenters. The third kappa shape index (κ3) is 6.71. The first-order valence-electron chi connectivity index (χ1n) is 27.8. The Balaban J connectivity index is 0.0000000851. The summed E-state index contributed by atoms with van der Waals surface area (Å²) in [5.74, 6) is 3.24. The van der Waals surface area contributed by atoms with Crippen molar-refractivity contribution < 1.29 is 22.2 Å². The van der Waals surface area contributed by atoms with Gasteiger partial charge in [0.1, 0.15) is 88.4 Å². The van der Waals surface area contributed by atoms with E-state index in [9.17, 15) is 0 Å². The van der Waals surface area contributed by atoms with Crippen LogP contribution < -0.4 is 17.8 Å². The fraction of sp³-hybridized carbons (Fsp3) is 0.0746. The van der Waals surface area contributed by atoms with Crippen molar-refractivity contribution in [3.05, 3.63) is 248 Å². The second-order valence-electron chi connectivity index (χ2n) is 21.4. The Morgan fingerprint density at radius 2 is 0.928 bits per heavy atom. The molecule has 0 N–H and O–H groups in total. The Bertz CT molecular complexity index is 5350. The highest BCUT2D eigenvalue weighted by Gasteiger charge is 2.36. The summed E-state index contributed by atoms with van der Waals surface area (Å²) in [5.41, 5.74) is 23.7. The highest BCUT2D eigenvalue weighted by Crippen LogP contribution is 2.37. The van der Waals surface area contributed by atoms with E-state index >= 15 is 0 Å². The summed E-state index contributed by atoms with van der Waals surface area (Å²) in [6.07, 6.45) is 16.2. The van der Waals surface area contributed by atoms with E-state index < -0.39 is 0 Å². The Morgan fingerprint density at radius 1 is 0.422 bits per heavy atom. The van der Waals surface area contributed by atoms with Gasteiger partial charge in [-0.15, -0.1) is 0 Å². The molecule has 17 aromatic rings. The maximum atomic E-state index is 5.96. The summed E-state index contributed by atoms with van der Waals surface area (Å²) in [7, 11) is 2.13. The van der Waals surface area contributed by atoms with Gasteiger partial charge in [0.25, 0.3) is 0 Å². The molecular weight excluding hydrogens is 1050 g/mol. The molecule has 0 unspecified atom stereocenters. The maximum absolute atomic E-state index is 5.96. The van der Waals surface area contributed by atoms with Crippen molar-refractivity contribution in [2.45, 2.75) is 26.2 Å². The molecule has 0 spiro atoms. The molecular formula is C67H48N14OS+4. The minimum atomic E-state index is 0.828. The van der Waals surface area contributed by atoms with E-state index in [0.717, 1.165) is 71.6 Å². The lowest BCUT2D eigenvalue weighted by Gasteiger charge is -2.01. The number of thiazole rings is 1. The highest BCUT2D eigenvalue weighted by atomic mass is 32.1. The number of imidazole rings is 6. The van der Waals surface area contributed by atoms with Crippen molar-refractivity contribution in [3.63, 3.8) is 0 Å². The van der Waals surface area contributed by atoms with Crippen molar-refractivity contribution in [3.8, 4) is 51.2 Å². The molecule has 0 aliphatic carbocycles. The van der Waals surface area contributed by atoms with Crippen molar-refractivity contribution in [1.82, 2.24) is 47.2 Å². The molecule has 16 heterocycles.